The average Bonchev–Trinajstić information content (AvgIpc) is 4.27. The number of benzene rings is 10. The number of hydrogen-bond acceptors (Lipinski definition) is 0. The summed E-state index contributed by atoms with van der Waals surface area (Å²) in [7, 11) is -0.780. The summed E-state index contributed by atoms with van der Waals surface area (Å²) in [6, 6.07) is 93.7. The van der Waals surface area contributed by atoms with Gasteiger partial charge < -0.3 is 22.8 Å². The summed E-state index contributed by atoms with van der Waals surface area (Å²) in [6.45, 7) is 0. The second kappa shape index (κ2) is 16.2. The van der Waals surface area contributed by atoms with Crippen LogP contribution in [0.15, 0.2) is 267 Å². The molecule has 0 unspecified atom stereocenters. The third kappa shape index (κ3) is 6.24. The molecule has 0 radical (unpaired) electrons. The summed E-state index contributed by atoms with van der Waals surface area (Å²) in [5, 5.41) is 11.2. The molecule has 0 amide bonds. The van der Waals surface area contributed by atoms with Gasteiger partial charge in [-0.3, -0.25) is 0 Å². The summed E-state index contributed by atoms with van der Waals surface area (Å²) >= 11 is 0. The molecule has 0 aliphatic heterocycles. The van der Waals surface area contributed by atoms with Crippen molar-refractivity contribution in [2.24, 2.45) is 0 Å². The minimum Gasteiger partial charge on any atom is -0.317 e. The monoisotopic (exact) mass is 937 g/mol. The highest BCUT2D eigenvalue weighted by Crippen LogP contribution is 2.45. The maximum atomic E-state index is 2.54. The molecule has 72 heavy (non-hydrogen) atoms. The van der Waals surface area contributed by atoms with Gasteiger partial charge in [-0.15, -0.1) is 0 Å². The van der Waals surface area contributed by atoms with E-state index in [-0.39, 0.29) is 0 Å². The average molecular weight is 938 g/mol. The van der Waals surface area contributed by atoms with Crippen molar-refractivity contribution < 1.29 is 0 Å². The maximum Gasteiger partial charge on any atom is 0.0804 e. The summed E-state index contributed by atoms with van der Waals surface area (Å²) in [5.41, 5.74) is 15.0. The van der Waals surface area contributed by atoms with E-state index in [1.807, 2.05) is 0 Å². The minimum atomic E-state index is -0.780. The number of para-hydroxylation sites is 4. The molecule has 0 bridgehead atoms. The predicted molar refractivity (Wildman–Crippen MR) is 304 cm³/mol. The summed E-state index contributed by atoms with van der Waals surface area (Å²) < 4.78 is 12.1. The normalized spacial score (nSPS) is 12.0. The number of rotatable bonds is 8. The Morgan fingerprint density at radius 2 is 0.597 bits per heavy atom. The number of aromatic nitrogens is 5. The number of nitrogens with zero attached hydrogens (tertiary/aromatic N) is 5. The zero-order valence-electron chi connectivity index (χ0n) is 39.1. The van der Waals surface area contributed by atoms with Crippen molar-refractivity contribution in [2.75, 3.05) is 0 Å². The Labute approximate surface area is 416 Å². The van der Waals surface area contributed by atoms with E-state index >= 15 is 0 Å². The molecule has 0 saturated heterocycles. The molecule has 6 heteroatoms. The van der Waals surface area contributed by atoms with Crippen molar-refractivity contribution in [1.29, 1.82) is 0 Å². The van der Waals surface area contributed by atoms with Crippen molar-refractivity contribution in [2.45, 2.75) is 0 Å². The van der Waals surface area contributed by atoms with Crippen molar-refractivity contribution in [1.82, 2.24) is 22.8 Å². The molecule has 5 aromatic heterocycles. The highest BCUT2D eigenvalue weighted by Gasteiger charge is 2.26. The van der Waals surface area contributed by atoms with Gasteiger partial charge in [0.15, 0.2) is 0 Å². The molecular formula is C66H44N5P. The summed E-state index contributed by atoms with van der Waals surface area (Å²) in [4.78, 5) is 0. The predicted octanol–water partition coefficient (Wildman–Crippen LogP) is 15.5. The molecule has 0 saturated carbocycles. The highest BCUT2D eigenvalue weighted by molar-refractivity contribution is 7.79. The van der Waals surface area contributed by atoms with E-state index in [2.05, 4.69) is 290 Å². The maximum absolute atomic E-state index is 2.54. The zero-order chi connectivity index (χ0) is 47.3. The molecule has 5 heterocycles. The van der Waals surface area contributed by atoms with Crippen molar-refractivity contribution in [3.05, 3.63) is 267 Å². The minimum absolute atomic E-state index is 0.780. The fraction of sp³-hybridized carbons (Fsp3) is 0. The van der Waals surface area contributed by atoms with Crippen LogP contribution < -0.4 is 15.9 Å². The lowest BCUT2D eigenvalue weighted by molar-refractivity contribution is 1.13. The van der Waals surface area contributed by atoms with E-state index in [0.717, 1.165) is 39.5 Å². The van der Waals surface area contributed by atoms with Crippen molar-refractivity contribution >= 4 is 100 Å². The van der Waals surface area contributed by atoms with Gasteiger partial charge in [-0.05, 0) is 133 Å². The first-order valence-corrected chi connectivity index (χ1v) is 25.9. The van der Waals surface area contributed by atoms with Gasteiger partial charge >= 0.3 is 0 Å². The lowest BCUT2D eigenvalue weighted by Crippen LogP contribution is -2.20. The molecule has 0 spiro atoms. The van der Waals surface area contributed by atoms with E-state index in [4.69, 9.17) is 0 Å². The van der Waals surface area contributed by atoms with Gasteiger partial charge in [-0.1, -0.05) is 146 Å². The fourth-order valence-corrected chi connectivity index (χ4v) is 13.8. The molecule has 10 aromatic carbocycles. The topological polar surface area (TPSA) is 24.6 Å². The molecule has 15 rings (SSSR count). The van der Waals surface area contributed by atoms with Gasteiger partial charge in [-0.2, -0.15) is 0 Å². The van der Waals surface area contributed by atoms with Gasteiger partial charge in [0, 0.05) is 73.1 Å². The van der Waals surface area contributed by atoms with Crippen LogP contribution in [0.25, 0.3) is 105 Å². The Balaban J connectivity index is 1.02. The van der Waals surface area contributed by atoms with Crippen LogP contribution in [0.4, 0.5) is 0 Å². The first kappa shape index (κ1) is 40.7. The highest BCUT2D eigenvalue weighted by atomic mass is 31.1. The molecule has 0 aliphatic carbocycles. The Morgan fingerprint density at radius 3 is 1.04 bits per heavy atom. The second-order valence-electron chi connectivity index (χ2n) is 18.7. The van der Waals surface area contributed by atoms with Gasteiger partial charge in [0.1, 0.15) is 0 Å². The first-order valence-electron chi connectivity index (χ1n) is 24.6. The molecule has 338 valence electrons. The Bertz CT molecular complexity index is 4380. The number of hydrogen-bond donors (Lipinski definition) is 0. The van der Waals surface area contributed by atoms with Crippen LogP contribution in [0.3, 0.4) is 0 Å². The molecule has 0 fully saturated rings. The summed E-state index contributed by atoms with van der Waals surface area (Å²) in [6.07, 6.45) is 4.42. The quantitative estimate of drug-likeness (QED) is 0.136. The van der Waals surface area contributed by atoms with Crippen LogP contribution in [-0.2, 0) is 0 Å². The largest absolute Gasteiger partial charge is 0.317 e. The van der Waals surface area contributed by atoms with Gasteiger partial charge in [-0.25, -0.2) is 0 Å². The lowest BCUT2D eigenvalue weighted by atomic mass is 10.1. The van der Waals surface area contributed by atoms with Gasteiger partial charge in [0.2, 0.25) is 0 Å². The second-order valence-corrected chi connectivity index (χ2v) is 20.9. The van der Waals surface area contributed by atoms with E-state index in [1.54, 1.807) is 0 Å². The van der Waals surface area contributed by atoms with Crippen LogP contribution in [0.2, 0.25) is 0 Å². The Kier molecular flexibility index (Phi) is 9.17. The van der Waals surface area contributed by atoms with Crippen molar-refractivity contribution in [3.8, 4) is 28.4 Å². The Hall–Kier alpha value is -9.15. The van der Waals surface area contributed by atoms with Crippen LogP contribution in [0.5, 0.6) is 0 Å². The summed E-state index contributed by atoms with van der Waals surface area (Å²) in [5.74, 6) is 0. The first-order chi connectivity index (χ1) is 35.7. The van der Waals surface area contributed by atoms with E-state index < -0.39 is 7.92 Å². The van der Waals surface area contributed by atoms with E-state index in [0.29, 0.717) is 0 Å². The van der Waals surface area contributed by atoms with Gasteiger partial charge in [0.25, 0.3) is 0 Å². The molecule has 0 aliphatic rings. The molecule has 0 N–H and O–H groups in total. The van der Waals surface area contributed by atoms with Crippen molar-refractivity contribution in [3.63, 3.8) is 0 Å². The fourth-order valence-electron chi connectivity index (χ4n) is 11.5. The molecule has 15 aromatic rings. The van der Waals surface area contributed by atoms with Gasteiger partial charge in [0.05, 0.1) is 44.1 Å². The standard InChI is InChI=1S/C66H44N5P/c1-5-17-47(18-6-1)67-39-37-45-41-63-57(43-61(45)67)66-65(70(63)50-31-29-49(30-32-50)69-59-27-15-13-25-55(59)56-26-14-16-28-60(56)69)58-44-62-46(38-40-68(62)48-19-7-2-8-20-48)42-64(58)71(66)51-33-35-54(36-34-51)72(52-21-9-3-10-22-52)53-23-11-4-12-24-53/h1-44H. The third-order valence-corrected chi connectivity index (χ3v) is 17.1. The molecule has 0 atom stereocenters. The van der Waals surface area contributed by atoms with E-state index in [1.165, 1.54) is 81.3 Å². The van der Waals surface area contributed by atoms with E-state index in [9.17, 15) is 0 Å². The molecular weight excluding hydrogens is 894 g/mol. The Morgan fingerprint density at radius 1 is 0.236 bits per heavy atom. The van der Waals surface area contributed by atoms with Crippen LogP contribution in [-0.4, -0.2) is 22.8 Å². The zero-order valence-corrected chi connectivity index (χ0v) is 40.0. The van der Waals surface area contributed by atoms with Crippen LogP contribution >= 0.6 is 7.92 Å². The van der Waals surface area contributed by atoms with Crippen LogP contribution in [0.1, 0.15) is 0 Å². The smallest absolute Gasteiger partial charge is 0.0804 e. The lowest BCUT2D eigenvalue weighted by Gasteiger charge is -2.20. The SMILES string of the molecule is c1ccc(-n2ccc3cc4c(cc32)c2c(c3cc5c(ccn5-c5ccccc5)cc3n2-c2ccc(-n3c5ccccc5c5ccccc53)cc2)n4-c2ccc(P(c3ccccc3)c3ccccc3)cc2)cc1. The van der Waals surface area contributed by atoms with Crippen LogP contribution in [0, 0.1) is 0 Å². The number of fused-ring (bicyclic) bond motifs is 10. The molecule has 5 nitrogen and oxygen atoms in total. The third-order valence-electron chi connectivity index (χ3n) is 14.7.